The van der Waals surface area contributed by atoms with Gasteiger partial charge >= 0.3 is 5.97 Å². The van der Waals surface area contributed by atoms with Crippen LogP contribution in [0.5, 0.6) is 0 Å². The molecule has 20 heavy (non-hydrogen) atoms. The van der Waals surface area contributed by atoms with Crippen LogP contribution in [0.25, 0.3) is 0 Å². The molecule has 0 aliphatic heterocycles. The summed E-state index contributed by atoms with van der Waals surface area (Å²) < 4.78 is 6.08. The van der Waals surface area contributed by atoms with Crippen molar-refractivity contribution in [2.75, 3.05) is 13.7 Å². The summed E-state index contributed by atoms with van der Waals surface area (Å²) in [6, 6.07) is 1.54. The van der Waals surface area contributed by atoms with Crippen molar-refractivity contribution in [2.45, 2.75) is 25.7 Å². The number of unbranched alkanes of at least 4 members (excludes halogenated alkanes) is 2. The Hall–Kier alpha value is -1.20. The SMILES string of the molecule is COC(=O)CCCCCNC(=O)c1cc(Cl)c(Cl)n1C. The van der Waals surface area contributed by atoms with Crippen LogP contribution in [0.2, 0.25) is 10.2 Å². The third-order valence-corrected chi connectivity index (χ3v) is 3.76. The van der Waals surface area contributed by atoms with Crippen molar-refractivity contribution in [1.29, 1.82) is 0 Å². The molecule has 0 aromatic carbocycles. The molecule has 0 unspecified atom stereocenters. The molecule has 0 bridgehead atoms. The second-order valence-electron chi connectivity index (χ2n) is 4.37. The lowest BCUT2D eigenvalue weighted by Gasteiger charge is -2.06. The second kappa shape index (κ2) is 8.17. The Labute approximate surface area is 128 Å². The van der Waals surface area contributed by atoms with Gasteiger partial charge in [-0.3, -0.25) is 9.59 Å². The van der Waals surface area contributed by atoms with E-state index in [9.17, 15) is 9.59 Å². The molecule has 0 aliphatic carbocycles. The van der Waals surface area contributed by atoms with Gasteiger partial charge in [0, 0.05) is 20.0 Å². The Bertz CT molecular complexity index is 486. The molecule has 0 atom stereocenters. The zero-order valence-corrected chi connectivity index (χ0v) is 13.1. The predicted molar refractivity (Wildman–Crippen MR) is 78.3 cm³/mol. The summed E-state index contributed by atoms with van der Waals surface area (Å²) >= 11 is 11.7. The Balaban J connectivity index is 2.27. The number of hydrogen-bond acceptors (Lipinski definition) is 3. The molecule has 0 radical (unpaired) electrons. The minimum absolute atomic E-state index is 0.206. The van der Waals surface area contributed by atoms with Crippen molar-refractivity contribution in [2.24, 2.45) is 7.05 Å². The molecule has 1 amide bonds. The first kappa shape index (κ1) is 16.9. The minimum Gasteiger partial charge on any atom is -0.469 e. The van der Waals surface area contributed by atoms with Crippen molar-refractivity contribution in [1.82, 2.24) is 9.88 Å². The van der Waals surface area contributed by atoms with Gasteiger partial charge in [-0.15, -0.1) is 0 Å². The van der Waals surface area contributed by atoms with Gasteiger partial charge in [0.15, 0.2) is 0 Å². The molecule has 1 aromatic heterocycles. The summed E-state index contributed by atoms with van der Waals surface area (Å²) in [5, 5.41) is 3.49. The third kappa shape index (κ3) is 4.72. The monoisotopic (exact) mass is 320 g/mol. The van der Waals surface area contributed by atoms with Crippen LogP contribution in [0.15, 0.2) is 6.07 Å². The molecule has 5 nitrogen and oxygen atoms in total. The Morgan fingerprint density at radius 2 is 2.00 bits per heavy atom. The number of carbonyl (C=O) groups excluding carboxylic acids is 2. The number of halogens is 2. The van der Waals surface area contributed by atoms with E-state index in [0.717, 1.165) is 19.3 Å². The topological polar surface area (TPSA) is 60.3 Å². The van der Waals surface area contributed by atoms with Crippen molar-refractivity contribution in [3.63, 3.8) is 0 Å². The highest BCUT2D eigenvalue weighted by atomic mass is 35.5. The highest BCUT2D eigenvalue weighted by Gasteiger charge is 2.14. The maximum Gasteiger partial charge on any atom is 0.305 e. The van der Waals surface area contributed by atoms with E-state index >= 15 is 0 Å². The van der Waals surface area contributed by atoms with Gasteiger partial charge in [-0.05, 0) is 18.9 Å². The summed E-state index contributed by atoms with van der Waals surface area (Å²) in [6.45, 7) is 0.542. The van der Waals surface area contributed by atoms with Gasteiger partial charge in [0.2, 0.25) is 0 Å². The molecule has 0 saturated carbocycles. The van der Waals surface area contributed by atoms with Gasteiger partial charge in [0.25, 0.3) is 5.91 Å². The normalized spacial score (nSPS) is 10.4. The van der Waals surface area contributed by atoms with E-state index in [1.807, 2.05) is 0 Å². The predicted octanol–water partition coefficient (Wildman–Crippen LogP) is 2.80. The quantitative estimate of drug-likeness (QED) is 0.620. The van der Waals surface area contributed by atoms with Gasteiger partial charge in [-0.2, -0.15) is 0 Å². The van der Waals surface area contributed by atoms with E-state index < -0.39 is 0 Å². The maximum atomic E-state index is 11.9. The molecule has 1 rings (SSSR count). The van der Waals surface area contributed by atoms with Crippen LogP contribution in [0.1, 0.15) is 36.2 Å². The molecule has 1 aromatic rings. The van der Waals surface area contributed by atoms with Crippen LogP contribution >= 0.6 is 23.2 Å². The third-order valence-electron chi connectivity index (χ3n) is 2.92. The lowest BCUT2D eigenvalue weighted by Crippen LogP contribution is -2.26. The second-order valence-corrected chi connectivity index (χ2v) is 5.14. The number of aromatic nitrogens is 1. The number of hydrogen-bond donors (Lipinski definition) is 1. The summed E-state index contributed by atoms with van der Waals surface area (Å²) in [5.41, 5.74) is 0.426. The average molecular weight is 321 g/mol. The number of nitrogens with zero attached hydrogens (tertiary/aromatic N) is 1. The average Bonchev–Trinajstić information content (AvgIpc) is 2.69. The molecular formula is C13H18Cl2N2O3. The lowest BCUT2D eigenvalue weighted by atomic mass is 10.2. The van der Waals surface area contributed by atoms with Crippen LogP contribution in [0.4, 0.5) is 0 Å². The van der Waals surface area contributed by atoms with E-state index in [1.54, 1.807) is 7.05 Å². The first-order valence-electron chi connectivity index (χ1n) is 6.33. The Morgan fingerprint density at radius 3 is 2.55 bits per heavy atom. The molecule has 0 fully saturated rings. The fraction of sp³-hybridized carbons (Fsp3) is 0.538. The summed E-state index contributed by atoms with van der Waals surface area (Å²) in [5.74, 6) is -0.420. The van der Waals surface area contributed by atoms with Gasteiger partial charge in [-0.1, -0.05) is 29.6 Å². The highest BCUT2D eigenvalue weighted by molar-refractivity contribution is 6.41. The van der Waals surface area contributed by atoms with Crippen LogP contribution in [0.3, 0.4) is 0 Å². The highest BCUT2D eigenvalue weighted by Crippen LogP contribution is 2.24. The number of ether oxygens (including phenoxy) is 1. The van der Waals surface area contributed by atoms with E-state index in [1.165, 1.54) is 17.7 Å². The standard InChI is InChI=1S/C13H18Cl2N2O3/c1-17-10(8-9(14)12(17)15)13(19)16-7-5-3-4-6-11(18)20-2/h8H,3-7H2,1-2H3,(H,16,19). The Kier molecular flexibility index (Phi) is 6.88. The first-order chi connectivity index (χ1) is 9.47. The van der Waals surface area contributed by atoms with Crippen LogP contribution < -0.4 is 5.32 Å². The van der Waals surface area contributed by atoms with E-state index in [0.29, 0.717) is 28.8 Å². The smallest absolute Gasteiger partial charge is 0.305 e. The van der Waals surface area contributed by atoms with Crippen molar-refractivity contribution >= 4 is 35.1 Å². The van der Waals surface area contributed by atoms with Gasteiger partial charge in [-0.25, -0.2) is 0 Å². The van der Waals surface area contributed by atoms with Crippen LogP contribution in [-0.2, 0) is 16.6 Å². The zero-order valence-electron chi connectivity index (χ0n) is 11.5. The molecule has 0 saturated heterocycles. The molecule has 112 valence electrons. The molecule has 0 spiro atoms. The van der Waals surface area contributed by atoms with Crippen molar-refractivity contribution < 1.29 is 14.3 Å². The number of nitrogens with one attached hydrogen (secondary N) is 1. The molecule has 7 heteroatoms. The van der Waals surface area contributed by atoms with Crippen LogP contribution in [-0.4, -0.2) is 30.1 Å². The van der Waals surface area contributed by atoms with Crippen molar-refractivity contribution in [3.8, 4) is 0 Å². The van der Waals surface area contributed by atoms with Crippen molar-refractivity contribution in [3.05, 3.63) is 21.9 Å². The summed E-state index contributed by atoms with van der Waals surface area (Å²) in [4.78, 5) is 22.8. The van der Waals surface area contributed by atoms with Gasteiger partial charge < -0.3 is 14.6 Å². The number of methoxy groups -OCH3 is 1. The molecule has 1 heterocycles. The number of esters is 1. The fourth-order valence-corrected chi connectivity index (χ4v) is 2.10. The van der Waals surface area contributed by atoms with E-state index in [-0.39, 0.29) is 11.9 Å². The molecule has 0 aliphatic rings. The fourth-order valence-electron chi connectivity index (χ4n) is 1.73. The zero-order chi connectivity index (χ0) is 15.1. The first-order valence-corrected chi connectivity index (χ1v) is 7.08. The van der Waals surface area contributed by atoms with E-state index in [2.05, 4.69) is 10.1 Å². The van der Waals surface area contributed by atoms with Gasteiger partial charge in [0.05, 0.1) is 12.1 Å². The lowest BCUT2D eigenvalue weighted by molar-refractivity contribution is -0.140. The number of amides is 1. The number of carbonyl (C=O) groups is 2. The molecular weight excluding hydrogens is 303 g/mol. The Morgan fingerprint density at radius 1 is 1.30 bits per heavy atom. The minimum atomic E-state index is -0.214. The largest absolute Gasteiger partial charge is 0.469 e. The summed E-state index contributed by atoms with van der Waals surface area (Å²) in [7, 11) is 3.05. The maximum absolute atomic E-state index is 11.9. The molecule has 1 N–H and O–H groups in total. The number of rotatable bonds is 7. The van der Waals surface area contributed by atoms with Gasteiger partial charge in [0.1, 0.15) is 10.8 Å². The summed E-state index contributed by atoms with van der Waals surface area (Å²) in [6.07, 6.45) is 2.82. The van der Waals surface area contributed by atoms with Crippen LogP contribution in [0, 0.1) is 0 Å². The van der Waals surface area contributed by atoms with E-state index in [4.69, 9.17) is 23.2 Å².